The Morgan fingerprint density at radius 2 is 1.76 bits per heavy atom. The first-order chi connectivity index (χ1) is 10.3. The minimum absolute atomic E-state index is 0.0474. The molecular weight excluding hydrogens is 264 g/mol. The maximum Gasteiger partial charge on any atom is 0.250 e. The van der Waals surface area contributed by atoms with Gasteiger partial charge in [-0.25, -0.2) is 0 Å². The number of carbonyl (C=O) groups excluding carboxylic acids is 1. The molecule has 0 aliphatic rings. The van der Waals surface area contributed by atoms with E-state index in [2.05, 4.69) is 5.32 Å². The number of amides is 1. The molecule has 110 valence electrons. The molecule has 0 aliphatic heterocycles. The molecule has 2 rings (SSSR count). The van der Waals surface area contributed by atoms with Crippen LogP contribution in [0.4, 0.5) is 5.69 Å². The lowest BCUT2D eigenvalue weighted by Gasteiger charge is -2.10. The average molecular weight is 284 g/mol. The van der Waals surface area contributed by atoms with Gasteiger partial charge in [0, 0.05) is 12.2 Å². The second-order valence-corrected chi connectivity index (χ2v) is 4.70. The summed E-state index contributed by atoms with van der Waals surface area (Å²) < 4.78 is 5.40. The Morgan fingerprint density at radius 1 is 1.05 bits per heavy atom. The van der Waals surface area contributed by atoms with E-state index in [1.54, 1.807) is 0 Å². The van der Waals surface area contributed by atoms with Crippen molar-refractivity contribution in [2.24, 2.45) is 5.73 Å². The van der Waals surface area contributed by atoms with Crippen LogP contribution in [0.1, 0.15) is 11.1 Å². The van der Waals surface area contributed by atoms with Crippen LogP contribution < -0.4 is 11.1 Å². The van der Waals surface area contributed by atoms with Gasteiger partial charge >= 0.3 is 0 Å². The number of ether oxygens (including phenoxy) is 1. The summed E-state index contributed by atoms with van der Waals surface area (Å²) in [5, 5.41) is 2.82. The van der Waals surface area contributed by atoms with Crippen molar-refractivity contribution < 1.29 is 9.53 Å². The Kier molecular flexibility index (Phi) is 5.94. The molecule has 4 heteroatoms. The van der Waals surface area contributed by atoms with Gasteiger partial charge in [0.05, 0.1) is 6.61 Å². The third-order valence-corrected chi connectivity index (χ3v) is 3.12. The van der Waals surface area contributed by atoms with Crippen molar-refractivity contribution in [3.63, 3.8) is 0 Å². The lowest BCUT2D eigenvalue weighted by atomic mass is 10.2. The van der Waals surface area contributed by atoms with Gasteiger partial charge in [-0.2, -0.15) is 0 Å². The van der Waals surface area contributed by atoms with Crippen LogP contribution in [0.5, 0.6) is 0 Å². The van der Waals surface area contributed by atoms with E-state index in [9.17, 15) is 4.79 Å². The van der Waals surface area contributed by atoms with Crippen molar-refractivity contribution in [3.05, 3.63) is 65.7 Å². The second-order valence-electron chi connectivity index (χ2n) is 4.70. The van der Waals surface area contributed by atoms with Crippen LogP contribution in [0, 0.1) is 0 Å². The lowest BCUT2D eigenvalue weighted by molar-refractivity contribution is -0.120. The number of nitrogens with two attached hydrogens (primary N) is 1. The summed E-state index contributed by atoms with van der Waals surface area (Å²) in [4.78, 5) is 11.8. The number of nitrogens with one attached hydrogen (secondary N) is 1. The second kappa shape index (κ2) is 8.19. The first-order valence-electron chi connectivity index (χ1n) is 6.99. The summed E-state index contributed by atoms with van der Waals surface area (Å²) in [5.41, 5.74) is 8.49. The fourth-order valence-electron chi connectivity index (χ4n) is 2.01. The van der Waals surface area contributed by atoms with Crippen LogP contribution in [-0.4, -0.2) is 19.1 Å². The predicted molar refractivity (Wildman–Crippen MR) is 83.9 cm³/mol. The first kappa shape index (κ1) is 15.2. The molecule has 0 saturated carbocycles. The van der Waals surface area contributed by atoms with E-state index in [4.69, 9.17) is 10.5 Å². The SMILES string of the molecule is NCc1ccccc1NC(=O)COCCc1ccccc1. The van der Waals surface area contributed by atoms with Gasteiger partial charge in [0.25, 0.3) is 0 Å². The molecule has 0 aromatic heterocycles. The zero-order chi connectivity index (χ0) is 14.9. The summed E-state index contributed by atoms with van der Waals surface area (Å²) in [6.45, 7) is 0.965. The van der Waals surface area contributed by atoms with Crippen molar-refractivity contribution >= 4 is 11.6 Å². The van der Waals surface area contributed by atoms with Crippen molar-refractivity contribution in [3.8, 4) is 0 Å². The van der Waals surface area contributed by atoms with Gasteiger partial charge in [0.2, 0.25) is 5.91 Å². The Bertz CT molecular complexity index is 570. The zero-order valence-electron chi connectivity index (χ0n) is 11.9. The molecule has 0 heterocycles. The highest BCUT2D eigenvalue weighted by molar-refractivity contribution is 5.92. The van der Waals surface area contributed by atoms with E-state index in [1.165, 1.54) is 5.56 Å². The monoisotopic (exact) mass is 284 g/mol. The molecule has 1 amide bonds. The molecule has 0 bridgehead atoms. The largest absolute Gasteiger partial charge is 0.371 e. The van der Waals surface area contributed by atoms with Gasteiger partial charge in [-0.05, 0) is 23.6 Å². The number of hydrogen-bond donors (Lipinski definition) is 2. The molecule has 0 atom stereocenters. The van der Waals surface area contributed by atoms with Gasteiger partial charge in [-0.1, -0.05) is 48.5 Å². The number of carbonyl (C=O) groups is 1. The number of hydrogen-bond acceptors (Lipinski definition) is 3. The van der Waals surface area contributed by atoms with E-state index in [1.807, 2.05) is 54.6 Å². The highest BCUT2D eigenvalue weighted by atomic mass is 16.5. The summed E-state index contributed by atoms with van der Waals surface area (Å²) in [6, 6.07) is 17.5. The van der Waals surface area contributed by atoms with Gasteiger partial charge in [0.1, 0.15) is 6.61 Å². The minimum Gasteiger partial charge on any atom is -0.371 e. The average Bonchev–Trinajstić information content (AvgIpc) is 2.53. The van der Waals surface area contributed by atoms with Gasteiger partial charge < -0.3 is 15.8 Å². The third kappa shape index (κ3) is 5.02. The number of rotatable bonds is 7. The molecule has 21 heavy (non-hydrogen) atoms. The van der Waals surface area contributed by atoms with Crippen LogP contribution >= 0.6 is 0 Å². The Labute approximate surface area is 124 Å². The van der Waals surface area contributed by atoms with Crippen LogP contribution in [0.3, 0.4) is 0 Å². The Morgan fingerprint density at radius 3 is 2.52 bits per heavy atom. The number of anilines is 1. The predicted octanol–water partition coefficient (Wildman–Crippen LogP) is 2.34. The van der Waals surface area contributed by atoms with Crippen molar-refractivity contribution in [2.45, 2.75) is 13.0 Å². The molecular formula is C17H20N2O2. The summed E-state index contributed by atoms with van der Waals surface area (Å²) in [7, 11) is 0. The van der Waals surface area contributed by atoms with Crippen LogP contribution in [-0.2, 0) is 22.5 Å². The Balaban J connectivity index is 1.72. The normalized spacial score (nSPS) is 10.3. The molecule has 0 spiro atoms. The quantitative estimate of drug-likeness (QED) is 0.767. The molecule has 2 aromatic rings. The van der Waals surface area contributed by atoms with Crippen LogP contribution in [0.25, 0.3) is 0 Å². The van der Waals surface area contributed by atoms with Gasteiger partial charge in [-0.3, -0.25) is 4.79 Å². The highest BCUT2D eigenvalue weighted by Gasteiger charge is 2.05. The third-order valence-electron chi connectivity index (χ3n) is 3.12. The minimum atomic E-state index is -0.163. The van der Waals surface area contributed by atoms with Crippen LogP contribution in [0.15, 0.2) is 54.6 Å². The summed E-state index contributed by atoms with van der Waals surface area (Å²) in [5.74, 6) is -0.163. The number of para-hydroxylation sites is 1. The highest BCUT2D eigenvalue weighted by Crippen LogP contribution is 2.13. The molecule has 0 saturated heterocycles. The van der Waals surface area contributed by atoms with Crippen molar-refractivity contribution in [1.29, 1.82) is 0 Å². The molecule has 0 aliphatic carbocycles. The van der Waals surface area contributed by atoms with E-state index in [0.717, 1.165) is 17.7 Å². The van der Waals surface area contributed by atoms with Gasteiger partial charge in [0.15, 0.2) is 0 Å². The lowest BCUT2D eigenvalue weighted by Crippen LogP contribution is -2.20. The summed E-state index contributed by atoms with van der Waals surface area (Å²) in [6.07, 6.45) is 0.799. The topological polar surface area (TPSA) is 64.3 Å². The molecule has 0 fully saturated rings. The van der Waals surface area contributed by atoms with Crippen molar-refractivity contribution in [2.75, 3.05) is 18.5 Å². The molecule has 2 aromatic carbocycles. The van der Waals surface area contributed by atoms with E-state index in [0.29, 0.717) is 13.2 Å². The van der Waals surface area contributed by atoms with Crippen LogP contribution in [0.2, 0.25) is 0 Å². The van der Waals surface area contributed by atoms with Gasteiger partial charge in [-0.15, -0.1) is 0 Å². The van der Waals surface area contributed by atoms with E-state index >= 15 is 0 Å². The maximum absolute atomic E-state index is 11.8. The Hall–Kier alpha value is -2.17. The fraction of sp³-hybridized carbons (Fsp3) is 0.235. The van der Waals surface area contributed by atoms with Crippen molar-refractivity contribution in [1.82, 2.24) is 0 Å². The molecule has 0 radical (unpaired) electrons. The molecule has 0 unspecified atom stereocenters. The standard InChI is InChI=1S/C17H20N2O2/c18-12-15-8-4-5-9-16(15)19-17(20)13-21-11-10-14-6-2-1-3-7-14/h1-9H,10-13,18H2,(H,19,20). The number of benzene rings is 2. The first-order valence-corrected chi connectivity index (χ1v) is 6.99. The fourth-order valence-corrected chi connectivity index (χ4v) is 2.01. The molecule has 4 nitrogen and oxygen atoms in total. The molecule has 3 N–H and O–H groups in total. The summed E-state index contributed by atoms with van der Waals surface area (Å²) >= 11 is 0. The maximum atomic E-state index is 11.8. The smallest absolute Gasteiger partial charge is 0.250 e. The van der Waals surface area contributed by atoms with E-state index < -0.39 is 0 Å². The van der Waals surface area contributed by atoms with E-state index in [-0.39, 0.29) is 12.5 Å². The zero-order valence-corrected chi connectivity index (χ0v) is 11.9.